The lowest BCUT2D eigenvalue weighted by atomic mass is 9.90. The summed E-state index contributed by atoms with van der Waals surface area (Å²) in [5.41, 5.74) is 2.53. The average Bonchev–Trinajstić information content (AvgIpc) is 3.23. The number of benzene rings is 2. The lowest BCUT2D eigenvalue weighted by molar-refractivity contribution is -0.142. The second kappa shape index (κ2) is 7.03. The lowest BCUT2D eigenvalue weighted by Gasteiger charge is -2.32. The number of fused-ring (bicyclic) bond motifs is 1. The van der Waals surface area contributed by atoms with Crippen LogP contribution in [-0.2, 0) is 9.53 Å². The number of para-hydroxylation sites is 2. The summed E-state index contributed by atoms with van der Waals surface area (Å²) in [5, 5.41) is 8.52. The van der Waals surface area contributed by atoms with E-state index in [0.717, 1.165) is 11.3 Å². The smallest absolute Gasteiger partial charge is 0.313 e. The van der Waals surface area contributed by atoms with Crippen molar-refractivity contribution in [1.82, 2.24) is 15.0 Å². The van der Waals surface area contributed by atoms with Crippen molar-refractivity contribution >= 4 is 17.6 Å². The van der Waals surface area contributed by atoms with Gasteiger partial charge in [-0.15, -0.1) is 5.10 Å². The Hall–Kier alpha value is -3.48. The third kappa shape index (κ3) is 3.08. The number of methoxy groups -OCH3 is 1. The first kappa shape index (κ1) is 17.0. The molecule has 0 N–H and O–H groups in total. The van der Waals surface area contributed by atoms with E-state index in [1.807, 2.05) is 54.6 Å². The van der Waals surface area contributed by atoms with Crippen LogP contribution in [0.3, 0.4) is 0 Å². The first-order chi connectivity index (χ1) is 13.2. The predicted octanol–water partition coefficient (Wildman–Crippen LogP) is 2.57. The summed E-state index contributed by atoms with van der Waals surface area (Å²) >= 11 is 0. The fraction of sp³-hybridized carbons (Fsp3) is 0.200. The molecule has 0 bridgehead atoms. The van der Waals surface area contributed by atoms with Crippen LogP contribution in [0, 0.1) is 0 Å². The third-order valence-electron chi connectivity index (χ3n) is 4.67. The van der Waals surface area contributed by atoms with Gasteiger partial charge in [0.2, 0.25) is 0 Å². The molecule has 1 aliphatic heterocycles. The molecule has 1 amide bonds. The molecule has 2 heterocycles. The number of rotatable bonds is 3. The maximum absolute atomic E-state index is 13.0. The van der Waals surface area contributed by atoms with E-state index in [-0.39, 0.29) is 23.5 Å². The van der Waals surface area contributed by atoms with Crippen LogP contribution in [0.25, 0.3) is 5.69 Å². The Morgan fingerprint density at radius 2 is 1.81 bits per heavy atom. The van der Waals surface area contributed by atoms with E-state index in [2.05, 4.69) is 10.2 Å². The van der Waals surface area contributed by atoms with E-state index in [4.69, 9.17) is 4.74 Å². The van der Waals surface area contributed by atoms with Gasteiger partial charge in [-0.2, -0.15) is 9.90 Å². The number of carbonyl (C=O) groups excluding carboxylic acids is 2. The van der Waals surface area contributed by atoms with Crippen LogP contribution >= 0.6 is 0 Å². The highest BCUT2D eigenvalue weighted by molar-refractivity contribution is 6.06. The molecule has 1 atom stereocenters. The van der Waals surface area contributed by atoms with Gasteiger partial charge >= 0.3 is 5.97 Å². The summed E-state index contributed by atoms with van der Waals surface area (Å²) in [6.45, 7) is 0.411. The Kier molecular flexibility index (Phi) is 4.42. The van der Waals surface area contributed by atoms with Gasteiger partial charge in [0, 0.05) is 12.2 Å². The van der Waals surface area contributed by atoms with Crippen LogP contribution in [-0.4, -0.2) is 40.5 Å². The fourth-order valence-corrected chi connectivity index (χ4v) is 3.35. The number of anilines is 1. The Morgan fingerprint density at radius 1 is 1.07 bits per heavy atom. The minimum Gasteiger partial charge on any atom is -0.469 e. The predicted molar refractivity (Wildman–Crippen MR) is 98.9 cm³/mol. The minimum atomic E-state index is -0.366. The zero-order chi connectivity index (χ0) is 18.8. The number of hydrogen-bond acceptors (Lipinski definition) is 5. The van der Waals surface area contributed by atoms with E-state index >= 15 is 0 Å². The maximum atomic E-state index is 13.0. The van der Waals surface area contributed by atoms with Crippen molar-refractivity contribution in [2.24, 2.45) is 0 Å². The second-order valence-corrected chi connectivity index (χ2v) is 6.23. The Morgan fingerprint density at radius 3 is 2.59 bits per heavy atom. The summed E-state index contributed by atoms with van der Waals surface area (Å²) in [5.74, 6) is -0.896. The normalized spacial score (nSPS) is 15.9. The van der Waals surface area contributed by atoms with Crippen LogP contribution in [0.2, 0.25) is 0 Å². The second-order valence-electron chi connectivity index (χ2n) is 6.23. The largest absolute Gasteiger partial charge is 0.469 e. The molecule has 3 aromatic rings. The van der Waals surface area contributed by atoms with Gasteiger partial charge in [0.25, 0.3) is 5.91 Å². The molecule has 7 nitrogen and oxygen atoms in total. The van der Waals surface area contributed by atoms with Gasteiger partial charge in [-0.3, -0.25) is 9.59 Å². The minimum absolute atomic E-state index is 0.243. The van der Waals surface area contributed by atoms with Crippen molar-refractivity contribution in [3.63, 3.8) is 0 Å². The van der Waals surface area contributed by atoms with Gasteiger partial charge in [-0.05, 0) is 30.2 Å². The zero-order valence-electron chi connectivity index (χ0n) is 14.8. The van der Waals surface area contributed by atoms with Gasteiger partial charge in [0.15, 0.2) is 5.69 Å². The summed E-state index contributed by atoms with van der Waals surface area (Å²) < 4.78 is 4.91. The van der Waals surface area contributed by atoms with E-state index < -0.39 is 0 Å². The molecule has 0 fully saturated rings. The molecule has 7 heteroatoms. The van der Waals surface area contributed by atoms with Crippen molar-refractivity contribution in [2.75, 3.05) is 18.6 Å². The molecule has 136 valence electrons. The van der Waals surface area contributed by atoms with E-state index in [1.165, 1.54) is 18.1 Å². The third-order valence-corrected chi connectivity index (χ3v) is 4.67. The Bertz CT molecular complexity index is 984. The summed E-state index contributed by atoms with van der Waals surface area (Å²) in [4.78, 5) is 28.2. The quantitative estimate of drug-likeness (QED) is 0.669. The molecule has 1 aromatic heterocycles. The molecular weight excluding hydrogens is 344 g/mol. The molecule has 1 aliphatic rings. The Labute approximate surface area is 156 Å². The maximum Gasteiger partial charge on any atom is 0.313 e. The number of amides is 1. The van der Waals surface area contributed by atoms with Crippen LogP contribution in [0.15, 0.2) is 60.8 Å². The summed E-state index contributed by atoms with van der Waals surface area (Å²) in [6.07, 6.45) is 1.96. The van der Waals surface area contributed by atoms with E-state index in [1.54, 1.807) is 4.90 Å². The zero-order valence-corrected chi connectivity index (χ0v) is 14.8. The molecule has 0 saturated carbocycles. The molecular formula is C20H18N4O3. The van der Waals surface area contributed by atoms with Gasteiger partial charge < -0.3 is 9.64 Å². The highest BCUT2D eigenvalue weighted by Crippen LogP contribution is 2.36. The van der Waals surface area contributed by atoms with Crippen LogP contribution in [0.4, 0.5) is 5.69 Å². The monoisotopic (exact) mass is 362 g/mol. The summed E-state index contributed by atoms with van der Waals surface area (Å²) in [6, 6.07) is 16.8. The fourth-order valence-electron chi connectivity index (χ4n) is 3.35. The van der Waals surface area contributed by atoms with Gasteiger partial charge in [0.1, 0.15) is 0 Å². The highest BCUT2D eigenvalue weighted by atomic mass is 16.5. The molecule has 0 saturated heterocycles. The summed E-state index contributed by atoms with van der Waals surface area (Å²) in [7, 11) is 1.38. The average molecular weight is 362 g/mol. The molecule has 27 heavy (non-hydrogen) atoms. The number of nitrogens with zero attached hydrogens (tertiary/aromatic N) is 4. The SMILES string of the molecule is COC(=O)[C@@H]1CCN(C(=O)c2cnn(-c3ccccc3)n2)c2ccccc21. The number of ether oxygens (including phenoxy) is 1. The van der Waals surface area contributed by atoms with Crippen molar-refractivity contribution in [3.8, 4) is 5.69 Å². The van der Waals surface area contributed by atoms with Gasteiger partial charge in [0.05, 0.1) is 24.9 Å². The number of aromatic nitrogens is 3. The number of carbonyl (C=O) groups is 2. The standard InChI is InChI=1S/C20H18N4O3/c1-27-20(26)16-11-12-23(18-10-6-5-9-15(16)18)19(25)17-13-21-24(22-17)14-7-3-2-4-8-14/h2-10,13,16H,11-12H2,1H3/t16-/m1/s1. The molecule has 0 spiro atoms. The van der Waals surface area contributed by atoms with Gasteiger partial charge in [-0.25, -0.2) is 0 Å². The Balaban J connectivity index is 1.65. The first-order valence-electron chi connectivity index (χ1n) is 8.65. The van der Waals surface area contributed by atoms with Crippen molar-refractivity contribution < 1.29 is 14.3 Å². The lowest BCUT2D eigenvalue weighted by Crippen LogP contribution is -2.38. The van der Waals surface area contributed by atoms with Crippen molar-refractivity contribution in [2.45, 2.75) is 12.3 Å². The molecule has 2 aromatic carbocycles. The molecule has 4 rings (SSSR count). The molecule has 0 aliphatic carbocycles. The van der Waals surface area contributed by atoms with Crippen LogP contribution in [0.5, 0.6) is 0 Å². The first-order valence-corrected chi connectivity index (χ1v) is 8.65. The molecule has 0 radical (unpaired) electrons. The van der Waals surface area contributed by atoms with Crippen LogP contribution in [0.1, 0.15) is 28.4 Å². The molecule has 0 unspecified atom stereocenters. The van der Waals surface area contributed by atoms with Crippen LogP contribution < -0.4 is 4.90 Å². The number of esters is 1. The van der Waals surface area contributed by atoms with E-state index in [0.29, 0.717) is 18.7 Å². The topological polar surface area (TPSA) is 77.3 Å². The highest BCUT2D eigenvalue weighted by Gasteiger charge is 2.34. The van der Waals surface area contributed by atoms with Crippen molar-refractivity contribution in [3.05, 3.63) is 72.1 Å². The van der Waals surface area contributed by atoms with E-state index in [9.17, 15) is 9.59 Å². The number of hydrogen-bond donors (Lipinski definition) is 0. The van der Waals surface area contributed by atoms with Crippen molar-refractivity contribution in [1.29, 1.82) is 0 Å². The van der Waals surface area contributed by atoms with Gasteiger partial charge in [-0.1, -0.05) is 36.4 Å².